The summed E-state index contributed by atoms with van der Waals surface area (Å²) < 4.78 is 46.7. The Morgan fingerprint density at radius 1 is 1.20 bits per heavy atom. The van der Waals surface area contributed by atoms with Crippen molar-refractivity contribution >= 4 is 29.2 Å². The number of aryl methyl sites for hydroxylation is 1. The highest BCUT2D eigenvalue weighted by Gasteiger charge is 2.34. The van der Waals surface area contributed by atoms with Crippen molar-refractivity contribution in [1.82, 2.24) is 9.78 Å². The SMILES string of the molecule is CCC(C(=O)O)N(C(=O)c1cn(-c2cc(C(F)(F)F)ccc2Cl)nc1C)c1ccc(OCC(C)(C)C)c(C#N)c1. The number of carboxylic acids is 1. The van der Waals surface area contributed by atoms with E-state index < -0.39 is 29.7 Å². The lowest BCUT2D eigenvalue weighted by atomic mass is 9.98. The number of anilines is 1. The quantitative estimate of drug-likeness (QED) is 0.321. The number of halogens is 4. The van der Waals surface area contributed by atoms with Gasteiger partial charge in [-0.05, 0) is 55.2 Å². The predicted octanol–water partition coefficient (Wildman–Crippen LogP) is 6.66. The number of carbonyl (C=O) groups is 2. The molecule has 0 radical (unpaired) electrons. The zero-order valence-electron chi connectivity index (χ0n) is 22.5. The summed E-state index contributed by atoms with van der Waals surface area (Å²) in [7, 11) is 0. The zero-order chi connectivity index (χ0) is 30.0. The Morgan fingerprint density at radius 2 is 1.88 bits per heavy atom. The third kappa shape index (κ3) is 6.74. The summed E-state index contributed by atoms with van der Waals surface area (Å²) in [4.78, 5) is 27.1. The van der Waals surface area contributed by atoms with Crippen molar-refractivity contribution in [3.8, 4) is 17.5 Å². The van der Waals surface area contributed by atoms with Gasteiger partial charge in [-0.3, -0.25) is 9.69 Å². The molecule has 3 aromatic rings. The summed E-state index contributed by atoms with van der Waals surface area (Å²) in [6.07, 6.45) is -3.40. The maximum atomic E-state index is 13.9. The van der Waals surface area contributed by atoms with Crippen molar-refractivity contribution in [2.45, 2.75) is 53.3 Å². The fraction of sp³-hybridized carbons (Fsp3) is 0.357. The van der Waals surface area contributed by atoms with Gasteiger partial charge in [0.05, 0.1) is 39.7 Å². The van der Waals surface area contributed by atoms with Gasteiger partial charge in [0.2, 0.25) is 0 Å². The van der Waals surface area contributed by atoms with Crippen LogP contribution in [0, 0.1) is 23.7 Å². The zero-order valence-corrected chi connectivity index (χ0v) is 23.3. The lowest BCUT2D eigenvalue weighted by Gasteiger charge is -2.29. The molecule has 0 spiro atoms. The van der Waals surface area contributed by atoms with Gasteiger partial charge in [0.25, 0.3) is 5.91 Å². The number of nitrogens with zero attached hydrogens (tertiary/aromatic N) is 4. The highest BCUT2D eigenvalue weighted by Crippen LogP contribution is 2.34. The van der Waals surface area contributed by atoms with Crippen molar-refractivity contribution in [2.75, 3.05) is 11.5 Å². The smallest absolute Gasteiger partial charge is 0.416 e. The fourth-order valence-electron chi connectivity index (χ4n) is 3.87. The molecule has 212 valence electrons. The van der Waals surface area contributed by atoms with Gasteiger partial charge >= 0.3 is 12.1 Å². The average Bonchev–Trinajstić information content (AvgIpc) is 3.25. The number of hydrogen-bond acceptors (Lipinski definition) is 5. The first kappa shape index (κ1) is 30.5. The number of carbonyl (C=O) groups excluding carboxylic acids is 1. The molecule has 0 saturated carbocycles. The largest absolute Gasteiger partial charge is 0.492 e. The van der Waals surface area contributed by atoms with E-state index in [0.717, 1.165) is 27.8 Å². The fourth-order valence-corrected chi connectivity index (χ4v) is 4.07. The summed E-state index contributed by atoms with van der Waals surface area (Å²) in [5.74, 6) is -1.78. The van der Waals surface area contributed by atoms with Gasteiger partial charge in [0, 0.05) is 11.9 Å². The van der Waals surface area contributed by atoms with Gasteiger partial charge in [0.15, 0.2) is 0 Å². The number of aliphatic carboxylic acids is 1. The van der Waals surface area contributed by atoms with Crippen LogP contribution < -0.4 is 9.64 Å². The number of alkyl halides is 3. The second-order valence-corrected chi connectivity index (χ2v) is 10.7. The van der Waals surface area contributed by atoms with Gasteiger partial charge in [0.1, 0.15) is 17.9 Å². The summed E-state index contributed by atoms with van der Waals surface area (Å²) in [6, 6.07) is 7.75. The molecule has 1 aromatic heterocycles. The predicted molar refractivity (Wildman–Crippen MR) is 143 cm³/mol. The van der Waals surface area contributed by atoms with Crippen LogP contribution in [0.3, 0.4) is 0 Å². The first-order chi connectivity index (χ1) is 18.6. The third-order valence-corrected chi connectivity index (χ3v) is 6.19. The molecule has 0 fully saturated rings. The maximum Gasteiger partial charge on any atom is 0.416 e. The Labute approximate surface area is 234 Å². The van der Waals surface area contributed by atoms with E-state index >= 15 is 0 Å². The number of hydrogen-bond donors (Lipinski definition) is 1. The molecule has 1 N–H and O–H groups in total. The molecule has 8 nitrogen and oxygen atoms in total. The molecule has 1 atom stereocenters. The van der Waals surface area contributed by atoms with Crippen LogP contribution in [0.25, 0.3) is 5.69 Å². The standard InChI is InChI=1S/C28H28ClF3N4O4/c1-6-22(26(38)39)36(19-8-10-24(17(11-19)13-33)40-15-27(3,4)5)25(37)20-14-35(34-16(20)2)23-12-18(28(30,31)32)7-9-21(23)29/h7-12,14,22H,6,15H2,1-5H3,(H,38,39). The Hall–Kier alpha value is -4.04. The van der Waals surface area contributed by atoms with E-state index in [0.29, 0.717) is 6.61 Å². The molecule has 2 aromatic carbocycles. The molecule has 3 rings (SSSR count). The van der Waals surface area contributed by atoms with E-state index in [1.54, 1.807) is 6.92 Å². The lowest BCUT2D eigenvalue weighted by Crippen LogP contribution is -2.45. The topological polar surface area (TPSA) is 108 Å². The van der Waals surface area contributed by atoms with E-state index in [2.05, 4.69) is 5.10 Å². The van der Waals surface area contributed by atoms with Crippen molar-refractivity contribution < 1.29 is 32.6 Å². The number of aromatic nitrogens is 2. The third-order valence-electron chi connectivity index (χ3n) is 5.87. The van der Waals surface area contributed by atoms with Gasteiger partial charge < -0.3 is 9.84 Å². The summed E-state index contributed by atoms with van der Waals surface area (Å²) in [5.41, 5.74) is -0.948. The number of ether oxygens (including phenoxy) is 1. The molecular formula is C28H28ClF3N4O4. The number of amides is 1. The Morgan fingerprint density at radius 3 is 2.42 bits per heavy atom. The molecule has 0 aliphatic carbocycles. The first-order valence-corrected chi connectivity index (χ1v) is 12.6. The molecule has 40 heavy (non-hydrogen) atoms. The van der Waals surface area contributed by atoms with Crippen LogP contribution in [0.4, 0.5) is 18.9 Å². The Bertz CT molecular complexity index is 1470. The molecular weight excluding hydrogens is 549 g/mol. The van der Waals surface area contributed by atoms with Crippen molar-refractivity contribution in [3.05, 3.63) is 70.0 Å². The van der Waals surface area contributed by atoms with E-state index in [1.807, 2.05) is 26.8 Å². The van der Waals surface area contributed by atoms with Gasteiger partial charge in [-0.15, -0.1) is 0 Å². The number of benzene rings is 2. The molecule has 1 unspecified atom stereocenters. The van der Waals surface area contributed by atoms with Crippen molar-refractivity contribution in [2.24, 2.45) is 5.41 Å². The molecule has 1 amide bonds. The number of nitriles is 1. The highest BCUT2D eigenvalue weighted by molar-refractivity contribution is 6.32. The lowest BCUT2D eigenvalue weighted by molar-refractivity contribution is -0.139. The van der Waals surface area contributed by atoms with Crippen LogP contribution in [-0.4, -0.2) is 39.4 Å². The second kappa shape index (κ2) is 11.6. The summed E-state index contributed by atoms with van der Waals surface area (Å²) >= 11 is 6.15. The second-order valence-electron chi connectivity index (χ2n) is 10.3. The minimum Gasteiger partial charge on any atom is -0.492 e. The summed E-state index contributed by atoms with van der Waals surface area (Å²) in [5, 5.41) is 23.8. The molecule has 0 aliphatic rings. The van der Waals surface area contributed by atoms with Crippen molar-refractivity contribution in [1.29, 1.82) is 5.26 Å². The maximum absolute atomic E-state index is 13.9. The van der Waals surface area contributed by atoms with E-state index in [4.69, 9.17) is 16.3 Å². The summed E-state index contributed by atoms with van der Waals surface area (Å²) in [6.45, 7) is 9.25. The van der Waals surface area contributed by atoms with Gasteiger partial charge in [-0.25, -0.2) is 9.48 Å². The minimum absolute atomic E-state index is 0.0257. The molecule has 1 heterocycles. The Balaban J connectivity index is 2.10. The van der Waals surface area contributed by atoms with E-state index in [1.165, 1.54) is 31.3 Å². The normalized spacial score (nSPS) is 12.5. The van der Waals surface area contributed by atoms with Crippen molar-refractivity contribution in [3.63, 3.8) is 0 Å². The minimum atomic E-state index is -4.63. The highest BCUT2D eigenvalue weighted by atomic mass is 35.5. The number of rotatable bonds is 8. The van der Waals surface area contributed by atoms with Gasteiger partial charge in [-0.1, -0.05) is 39.3 Å². The van der Waals surface area contributed by atoms with Crippen LogP contribution in [0.1, 0.15) is 61.3 Å². The molecule has 0 saturated heterocycles. The Kier molecular flexibility index (Phi) is 8.84. The van der Waals surface area contributed by atoms with Crippen LogP contribution in [0.2, 0.25) is 5.02 Å². The van der Waals surface area contributed by atoms with E-state index in [9.17, 15) is 33.1 Å². The van der Waals surface area contributed by atoms with Crippen LogP contribution in [0.15, 0.2) is 42.6 Å². The van der Waals surface area contributed by atoms with Crippen LogP contribution >= 0.6 is 11.6 Å². The van der Waals surface area contributed by atoms with Crippen LogP contribution in [0.5, 0.6) is 5.75 Å². The van der Waals surface area contributed by atoms with E-state index in [-0.39, 0.29) is 50.8 Å². The molecule has 0 aliphatic heterocycles. The first-order valence-electron chi connectivity index (χ1n) is 12.2. The molecule has 12 heteroatoms. The molecule has 0 bridgehead atoms. The monoisotopic (exact) mass is 576 g/mol. The van der Waals surface area contributed by atoms with Crippen LogP contribution in [-0.2, 0) is 11.0 Å². The van der Waals surface area contributed by atoms with Gasteiger partial charge in [-0.2, -0.15) is 23.5 Å². The average molecular weight is 577 g/mol. The number of carboxylic acid groups (broad SMARTS) is 1.